The molecule has 0 aliphatic carbocycles. The molecule has 122 valence electrons. The second kappa shape index (κ2) is 8.53. The van der Waals surface area contributed by atoms with Gasteiger partial charge in [-0.25, -0.2) is 4.79 Å². The van der Waals surface area contributed by atoms with E-state index < -0.39 is 11.7 Å². The second-order valence-electron chi connectivity index (χ2n) is 5.58. The molecule has 0 unspecified atom stereocenters. The van der Waals surface area contributed by atoms with E-state index in [2.05, 4.69) is 10.6 Å². The minimum absolute atomic E-state index is 0.104. The summed E-state index contributed by atoms with van der Waals surface area (Å²) >= 11 is 1.40. The fourth-order valence-electron chi connectivity index (χ4n) is 1.49. The number of benzene rings is 1. The van der Waals surface area contributed by atoms with Crippen molar-refractivity contribution in [3.05, 3.63) is 24.3 Å². The van der Waals surface area contributed by atoms with E-state index in [1.807, 2.05) is 0 Å². The molecule has 0 radical (unpaired) electrons. The zero-order valence-electron chi connectivity index (χ0n) is 13.0. The summed E-state index contributed by atoms with van der Waals surface area (Å²) in [7, 11) is 0. The van der Waals surface area contributed by atoms with Gasteiger partial charge in [-0.3, -0.25) is 4.79 Å². The predicted octanol–water partition coefficient (Wildman–Crippen LogP) is 2.59. The van der Waals surface area contributed by atoms with Gasteiger partial charge in [0.1, 0.15) is 11.4 Å². The van der Waals surface area contributed by atoms with Crippen LogP contribution in [0.5, 0.6) is 5.75 Å². The van der Waals surface area contributed by atoms with Crippen molar-refractivity contribution in [2.75, 3.05) is 23.4 Å². The normalized spacial score (nSPS) is 10.9. The summed E-state index contributed by atoms with van der Waals surface area (Å²) in [6, 6.07) is 6.37. The summed E-state index contributed by atoms with van der Waals surface area (Å²) in [6.45, 7) is 5.83. The van der Waals surface area contributed by atoms with Crippen molar-refractivity contribution < 1.29 is 19.4 Å². The number of alkyl carbamates (subject to hydrolysis) is 1. The van der Waals surface area contributed by atoms with Crippen molar-refractivity contribution in [1.29, 1.82) is 0 Å². The van der Waals surface area contributed by atoms with E-state index in [-0.39, 0.29) is 17.4 Å². The number of hydrogen-bond donors (Lipinski definition) is 3. The minimum Gasteiger partial charge on any atom is -0.508 e. The fraction of sp³-hybridized carbons (Fsp3) is 0.467. The molecule has 0 spiro atoms. The van der Waals surface area contributed by atoms with E-state index in [0.717, 1.165) is 0 Å². The molecule has 0 fully saturated rings. The van der Waals surface area contributed by atoms with E-state index in [4.69, 9.17) is 4.74 Å². The molecule has 1 aromatic rings. The molecule has 2 amide bonds. The molecule has 0 saturated heterocycles. The Bertz CT molecular complexity index is 515. The van der Waals surface area contributed by atoms with E-state index in [1.54, 1.807) is 32.9 Å². The van der Waals surface area contributed by atoms with E-state index in [0.29, 0.717) is 18.0 Å². The van der Waals surface area contributed by atoms with Crippen LogP contribution in [0.2, 0.25) is 0 Å². The van der Waals surface area contributed by atoms with Gasteiger partial charge in [-0.15, -0.1) is 0 Å². The van der Waals surface area contributed by atoms with Crippen molar-refractivity contribution in [3.63, 3.8) is 0 Å². The Labute approximate surface area is 134 Å². The van der Waals surface area contributed by atoms with Gasteiger partial charge < -0.3 is 20.5 Å². The first-order chi connectivity index (χ1) is 10.3. The van der Waals surface area contributed by atoms with Gasteiger partial charge in [0.25, 0.3) is 0 Å². The highest BCUT2D eigenvalue weighted by molar-refractivity contribution is 7.99. The van der Waals surface area contributed by atoms with Gasteiger partial charge in [0.2, 0.25) is 5.91 Å². The number of rotatable bonds is 6. The number of carbonyl (C=O) groups is 2. The van der Waals surface area contributed by atoms with Crippen molar-refractivity contribution >= 4 is 29.4 Å². The smallest absolute Gasteiger partial charge is 0.407 e. The number of phenols is 1. The second-order valence-corrected chi connectivity index (χ2v) is 6.68. The van der Waals surface area contributed by atoms with Crippen LogP contribution in [0.25, 0.3) is 0 Å². The molecule has 0 atom stereocenters. The van der Waals surface area contributed by atoms with Crippen LogP contribution in [-0.4, -0.2) is 40.8 Å². The van der Waals surface area contributed by atoms with Gasteiger partial charge in [-0.2, -0.15) is 11.8 Å². The third kappa shape index (κ3) is 8.41. The first-order valence-electron chi connectivity index (χ1n) is 6.90. The average Bonchev–Trinajstić information content (AvgIpc) is 2.36. The molecule has 7 heteroatoms. The van der Waals surface area contributed by atoms with E-state index >= 15 is 0 Å². The lowest BCUT2D eigenvalue weighted by molar-refractivity contribution is -0.113. The lowest BCUT2D eigenvalue weighted by Crippen LogP contribution is -2.33. The molecule has 1 rings (SSSR count). The highest BCUT2D eigenvalue weighted by atomic mass is 32.2. The van der Waals surface area contributed by atoms with Crippen LogP contribution < -0.4 is 10.6 Å². The maximum Gasteiger partial charge on any atom is 0.407 e. The van der Waals surface area contributed by atoms with Crippen LogP contribution in [-0.2, 0) is 9.53 Å². The topological polar surface area (TPSA) is 87.7 Å². The number of aromatic hydroxyl groups is 1. The van der Waals surface area contributed by atoms with E-state index in [9.17, 15) is 14.7 Å². The van der Waals surface area contributed by atoms with Gasteiger partial charge >= 0.3 is 6.09 Å². The Kier molecular flexibility index (Phi) is 7.04. The zero-order valence-corrected chi connectivity index (χ0v) is 13.8. The lowest BCUT2D eigenvalue weighted by atomic mass is 10.2. The highest BCUT2D eigenvalue weighted by Crippen LogP contribution is 2.15. The van der Waals surface area contributed by atoms with Gasteiger partial charge in [-0.1, -0.05) is 6.07 Å². The van der Waals surface area contributed by atoms with Gasteiger partial charge in [0.05, 0.1) is 5.75 Å². The third-order valence-electron chi connectivity index (χ3n) is 2.28. The molecule has 0 saturated carbocycles. The first kappa shape index (κ1) is 18.2. The highest BCUT2D eigenvalue weighted by Gasteiger charge is 2.15. The van der Waals surface area contributed by atoms with Crippen LogP contribution in [0.3, 0.4) is 0 Å². The zero-order chi connectivity index (χ0) is 16.6. The maximum atomic E-state index is 11.7. The SMILES string of the molecule is CC(C)(C)OC(=O)NCCSCC(=O)Nc1cccc(O)c1. The van der Waals surface area contributed by atoms with Gasteiger partial charge in [0.15, 0.2) is 0 Å². The van der Waals surface area contributed by atoms with Crippen molar-refractivity contribution in [2.45, 2.75) is 26.4 Å². The van der Waals surface area contributed by atoms with Crippen molar-refractivity contribution in [1.82, 2.24) is 5.32 Å². The number of anilines is 1. The van der Waals surface area contributed by atoms with Gasteiger partial charge in [0, 0.05) is 24.1 Å². The van der Waals surface area contributed by atoms with Crippen molar-refractivity contribution in [3.8, 4) is 5.75 Å². The largest absolute Gasteiger partial charge is 0.508 e. The molecule has 0 aromatic heterocycles. The Balaban J connectivity index is 2.14. The number of nitrogens with one attached hydrogen (secondary N) is 2. The molecule has 1 aromatic carbocycles. The molecule has 0 aliphatic rings. The summed E-state index contributed by atoms with van der Waals surface area (Å²) < 4.78 is 5.09. The maximum absolute atomic E-state index is 11.7. The number of hydrogen-bond acceptors (Lipinski definition) is 5. The van der Waals surface area contributed by atoms with Crippen LogP contribution in [0.15, 0.2) is 24.3 Å². The van der Waals surface area contributed by atoms with Crippen LogP contribution >= 0.6 is 11.8 Å². The Morgan fingerprint density at radius 3 is 2.68 bits per heavy atom. The Morgan fingerprint density at radius 1 is 1.32 bits per heavy atom. The Hall–Kier alpha value is -1.89. The summed E-state index contributed by atoms with van der Waals surface area (Å²) in [6.07, 6.45) is -0.461. The number of carbonyl (C=O) groups excluding carboxylic acids is 2. The summed E-state index contributed by atoms with van der Waals surface area (Å²) in [5.74, 6) is 0.818. The average molecular weight is 326 g/mol. The predicted molar refractivity (Wildman–Crippen MR) is 88.3 cm³/mol. The number of ether oxygens (including phenoxy) is 1. The van der Waals surface area contributed by atoms with E-state index in [1.165, 1.54) is 23.9 Å². The lowest BCUT2D eigenvalue weighted by Gasteiger charge is -2.19. The fourth-order valence-corrected chi connectivity index (χ4v) is 2.13. The molecule has 0 aliphatic heterocycles. The summed E-state index contributed by atoms with van der Waals surface area (Å²) in [5.41, 5.74) is 0.0377. The molecular weight excluding hydrogens is 304 g/mol. The van der Waals surface area contributed by atoms with Crippen LogP contribution in [0.4, 0.5) is 10.5 Å². The first-order valence-corrected chi connectivity index (χ1v) is 8.05. The van der Waals surface area contributed by atoms with Gasteiger partial charge in [-0.05, 0) is 32.9 Å². The quantitative estimate of drug-likeness (QED) is 0.699. The molecular formula is C15H22N2O4S. The number of thioether (sulfide) groups is 1. The van der Waals surface area contributed by atoms with Crippen molar-refractivity contribution in [2.24, 2.45) is 0 Å². The standard InChI is InChI=1S/C15H22N2O4S/c1-15(2,3)21-14(20)16-7-8-22-10-13(19)17-11-5-4-6-12(18)9-11/h4-6,9,18H,7-8,10H2,1-3H3,(H,16,20)(H,17,19). The summed E-state index contributed by atoms with van der Waals surface area (Å²) in [5, 5.41) is 14.6. The molecule has 6 nitrogen and oxygen atoms in total. The molecule has 22 heavy (non-hydrogen) atoms. The van der Waals surface area contributed by atoms with Crippen LogP contribution in [0.1, 0.15) is 20.8 Å². The number of phenolic OH excluding ortho intramolecular Hbond substituents is 1. The Morgan fingerprint density at radius 2 is 2.05 bits per heavy atom. The minimum atomic E-state index is -0.516. The monoisotopic (exact) mass is 326 g/mol. The third-order valence-corrected chi connectivity index (χ3v) is 3.24. The molecule has 3 N–H and O–H groups in total. The summed E-state index contributed by atoms with van der Waals surface area (Å²) in [4.78, 5) is 23.1. The molecule has 0 heterocycles. The van der Waals surface area contributed by atoms with Crippen LogP contribution in [0, 0.1) is 0 Å². The number of amides is 2. The molecule has 0 bridgehead atoms.